The number of hydrogen-bond acceptors (Lipinski definition) is 7. The number of carbonyl (C=O) groups excluding carboxylic acids is 1. The summed E-state index contributed by atoms with van der Waals surface area (Å²) < 4.78 is 14.0. The van der Waals surface area contributed by atoms with Gasteiger partial charge in [-0.1, -0.05) is 42.1 Å². The molecule has 0 amide bonds. The van der Waals surface area contributed by atoms with Crippen molar-refractivity contribution >= 4 is 29.1 Å². The fourth-order valence-corrected chi connectivity index (χ4v) is 5.27. The summed E-state index contributed by atoms with van der Waals surface area (Å²) in [7, 11) is 0. The first kappa shape index (κ1) is 22.0. The number of nitro groups is 1. The van der Waals surface area contributed by atoms with E-state index in [0.717, 1.165) is 0 Å². The molecule has 10 heteroatoms. The molecular formula is C24H19FN4O4S. The van der Waals surface area contributed by atoms with E-state index in [2.05, 4.69) is 15.3 Å². The van der Waals surface area contributed by atoms with Crippen LogP contribution in [-0.2, 0) is 10.5 Å². The van der Waals surface area contributed by atoms with E-state index >= 15 is 0 Å². The molecule has 0 fully saturated rings. The zero-order chi connectivity index (χ0) is 23.8. The first-order valence-corrected chi connectivity index (χ1v) is 11.7. The molecule has 5 rings (SSSR count). The van der Waals surface area contributed by atoms with Gasteiger partial charge in [-0.3, -0.25) is 19.7 Å². The van der Waals surface area contributed by atoms with Gasteiger partial charge in [-0.2, -0.15) is 0 Å². The van der Waals surface area contributed by atoms with E-state index in [4.69, 9.17) is 0 Å². The van der Waals surface area contributed by atoms with Gasteiger partial charge in [0.2, 0.25) is 0 Å². The van der Waals surface area contributed by atoms with E-state index < -0.39 is 16.4 Å². The summed E-state index contributed by atoms with van der Waals surface area (Å²) in [5, 5.41) is 14.8. The molecule has 0 saturated heterocycles. The number of non-ortho nitro benzene ring substituents is 1. The van der Waals surface area contributed by atoms with Crippen molar-refractivity contribution in [2.24, 2.45) is 0 Å². The summed E-state index contributed by atoms with van der Waals surface area (Å²) >= 11 is 1.19. The van der Waals surface area contributed by atoms with Crippen molar-refractivity contribution in [2.45, 2.75) is 36.1 Å². The fourth-order valence-electron chi connectivity index (χ4n) is 4.42. The Morgan fingerprint density at radius 1 is 1.15 bits per heavy atom. The van der Waals surface area contributed by atoms with Crippen LogP contribution in [-0.4, -0.2) is 20.7 Å². The highest BCUT2D eigenvalue weighted by Crippen LogP contribution is 2.44. The Morgan fingerprint density at radius 3 is 2.76 bits per heavy atom. The van der Waals surface area contributed by atoms with Crippen molar-refractivity contribution < 1.29 is 14.1 Å². The van der Waals surface area contributed by atoms with E-state index in [-0.39, 0.29) is 28.6 Å². The van der Waals surface area contributed by atoms with Crippen LogP contribution in [0.1, 0.15) is 41.9 Å². The Labute approximate surface area is 197 Å². The number of rotatable bonds is 5. The summed E-state index contributed by atoms with van der Waals surface area (Å²) in [5.41, 5.74) is 1.78. The first-order valence-electron chi connectivity index (χ1n) is 10.7. The number of H-pyrrole nitrogens is 1. The van der Waals surface area contributed by atoms with Crippen LogP contribution in [0.25, 0.3) is 0 Å². The Balaban J connectivity index is 1.59. The fraction of sp³-hybridized carbons (Fsp3) is 0.208. The lowest BCUT2D eigenvalue weighted by molar-refractivity contribution is -0.384. The van der Waals surface area contributed by atoms with Gasteiger partial charge in [0.25, 0.3) is 11.2 Å². The lowest BCUT2D eigenvalue weighted by Crippen LogP contribution is -2.32. The number of allylic oxidation sites excluding steroid dienone is 2. The van der Waals surface area contributed by atoms with E-state index in [1.807, 2.05) is 0 Å². The maximum Gasteiger partial charge on any atom is 0.269 e. The predicted octanol–water partition coefficient (Wildman–Crippen LogP) is 4.67. The molecule has 2 heterocycles. The number of carbonyl (C=O) groups is 1. The number of hydrogen-bond donors (Lipinski definition) is 2. The van der Waals surface area contributed by atoms with Crippen LogP contribution in [0.2, 0.25) is 0 Å². The predicted molar refractivity (Wildman–Crippen MR) is 125 cm³/mol. The topological polar surface area (TPSA) is 118 Å². The minimum atomic E-state index is -0.763. The van der Waals surface area contributed by atoms with Gasteiger partial charge in [0.15, 0.2) is 10.9 Å². The summed E-state index contributed by atoms with van der Waals surface area (Å²) in [6.45, 7) is 0. The number of benzene rings is 2. The number of thioether (sulfide) groups is 1. The van der Waals surface area contributed by atoms with Crippen LogP contribution in [0.15, 0.2) is 69.8 Å². The monoisotopic (exact) mass is 478 g/mol. The number of anilines is 1. The summed E-state index contributed by atoms with van der Waals surface area (Å²) in [6, 6.07) is 12.4. The average Bonchev–Trinajstić information content (AvgIpc) is 2.82. The van der Waals surface area contributed by atoms with Gasteiger partial charge in [-0.15, -0.1) is 0 Å². The number of aromatic nitrogens is 2. The van der Waals surface area contributed by atoms with E-state index in [0.29, 0.717) is 52.6 Å². The molecule has 0 radical (unpaired) electrons. The van der Waals surface area contributed by atoms with E-state index in [1.165, 1.54) is 30.0 Å². The molecule has 172 valence electrons. The molecule has 1 unspecified atom stereocenters. The van der Waals surface area contributed by atoms with E-state index in [9.17, 15) is 24.1 Å². The van der Waals surface area contributed by atoms with Gasteiger partial charge in [0, 0.05) is 41.5 Å². The first-order chi connectivity index (χ1) is 16.4. The zero-order valence-corrected chi connectivity index (χ0v) is 18.7. The number of ketones is 1. The standard InChI is InChI=1S/C24H19FN4O4S/c25-16-8-2-1-5-14(16)12-34-24-27-22-21(23(31)28-24)19(13-6-3-7-15(11-13)29(32)33)20-17(26-22)9-4-10-18(20)30/h1-3,5-8,11,19H,4,9-10,12H2,(H2,26,27,28,31). The van der Waals surface area contributed by atoms with Crippen molar-refractivity contribution in [1.82, 2.24) is 9.97 Å². The Kier molecular flexibility index (Phi) is 5.74. The minimum Gasteiger partial charge on any atom is -0.343 e. The van der Waals surface area contributed by atoms with Gasteiger partial charge < -0.3 is 10.3 Å². The Hall–Kier alpha value is -3.79. The summed E-state index contributed by atoms with van der Waals surface area (Å²) in [5.74, 6) is -0.608. The quantitative estimate of drug-likeness (QED) is 0.237. The van der Waals surface area contributed by atoms with Crippen molar-refractivity contribution in [1.29, 1.82) is 0 Å². The van der Waals surface area contributed by atoms with Gasteiger partial charge >= 0.3 is 0 Å². The highest BCUT2D eigenvalue weighted by molar-refractivity contribution is 7.98. The molecule has 3 aromatic rings. The second-order valence-corrected chi connectivity index (χ2v) is 9.06. The largest absolute Gasteiger partial charge is 0.343 e. The number of nitro benzene ring substituents is 1. The smallest absolute Gasteiger partial charge is 0.269 e. The third-order valence-corrected chi connectivity index (χ3v) is 6.90. The number of nitrogens with zero attached hydrogens (tertiary/aromatic N) is 2. The highest BCUT2D eigenvalue weighted by Gasteiger charge is 2.38. The molecule has 1 aliphatic heterocycles. The lowest BCUT2D eigenvalue weighted by atomic mass is 9.76. The Morgan fingerprint density at radius 2 is 1.97 bits per heavy atom. The van der Waals surface area contributed by atoms with Gasteiger partial charge in [-0.05, 0) is 30.0 Å². The van der Waals surface area contributed by atoms with Crippen LogP contribution in [0, 0.1) is 15.9 Å². The molecule has 0 saturated carbocycles. The molecule has 2 aromatic carbocycles. The van der Waals surface area contributed by atoms with Crippen molar-refractivity contribution in [3.8, 4) is 0 Å². The molecule has 1 aromatic heterocycles. The molecule has 2 aliphatic rings. The van der Waals surface area contributed by atoms with Crippen molar-refractivity contribution in [3.63, 3.8) is 0 Å². The van der Waals surface area contributed by atoms with Gasteiger partial charge in [0.1, 0.15) is 11.6 Å². The number of halogens is 1. The van der Waals surface area contributed by atoms with Gasteiger partial charge in [-0.25, -0.2) is 9.37 Å². The highest BCUT2D eigenvalue weighted by atomic mass is 32.2. The molecular weight excluding hydrogens is 459 g/mol. The van der Waals surface area contributed by atoms with Crippen molar-refractivity contribution in [3.05, 3.63) is 103 Å². The number of fused-ring (bicyclic) bond motifs is 1. The maximum absolute atomic E-state index is 14.0. The van der Waals surface area contributed by atoms with Crippen LogP contribution >= 0.6 is 11.8 Å². The second-order valence-electron chi connectivity index (χ2n) is 8.09. The zero-order valence-electron chi connectivity index (χ0n) is 17.8. The molecule has 1 atom stereocenters. The molecule has 2 N–H and O–H groups in total. The SMILES string of the molecule is O=C1CCCC2=C1C(c1cccc([N+](=O)[O-])c1)c1c(nc(SCc3ccccc3F)[nH]c1=O)N2. The second kappa shape index (κ2) is 8.86. The lowest BCUT2D eigenvalue weighted by Gasteiger charge is -2.32. The van der Waals surface area contributed by atoms with Crippen LogP contribution in [0.4, 0.5) is 15.9 Å². The summed E-state index contributed by atoms with van der Waals surface area (Å²) in [6.07, 6.45) is 1.63. The maximum atomic E-state index is 14.0. The van der Waals surface area contributed by atoms with Crippen LogP contribution in [0.5, 0.6) is 0 Å². The average molecular weight is 479 g/mol. The Bertz CT molecular complexity index is 1420. The molecule has 0 spiro atoms. The van der Waals surface area contributed by atoms with Crippen LogP contribution < -0.4 is 10.9 Å². The molecule has 34 heavy (non-hydrogen) atoms. The number of aromatic amines is 1. The number of Topliss-reactive ketones (excluding diaryl/α,β-unsaturated/α-hetero) is 1. The molecule has 1 aliphatic carbocycles. The minimum absolute atomic E-state index is 0.0895. The van der Waals surface area contributed by atoms with Crippen molar-refractivity contribution in [2.75, 3.05) is 5.32 Å². The summed E-state index contributed by atoms with van der Waals surface area (Å²) in [4.78, 5) is 44.3. The van der Waals surface area contributed by atoms with Crippen LogP contribution in [0.3, 0.4) is 0 Å². The van der Waals surface area contributed by atoms with E-state index in [1.54, 1.807) is 30.3 Å². The third-order valence-electron chi connectivity index (χ3n) is 5.97. The molecule has 0 bridgehead atoms. The van der Waals surface area contributed by atoms with Gasteiger partial charge in [0.05, 0.1) is 10.5 Å². The third kappa shape index (κ3) is 4.01. The molecule has 8 nitrogen and oxygen atoms in total. The normalized spacial score (nSPS) is 17.1. The number of nitrogens with one attached hydrogen (secondary N) is 2.